The summed E-state index contributed by atoms with van der Waals surface area (Å²) in [5.74, 6) is 0. The molecule has 0 radical (unpaired) electrons. The fourth-order valence-corrected chi connectivity index (χ4v) is 9.37. The van der Waals surface area contributed by atoms with Crippen molar-refractivity contribution in [2.24, 2.45) is 0 Å². The molecule has 1 aromatic heterocycles. The number of allylic oxidation sites excluding steroid dienone is 9. The Bertz CT molecular complexity index is 2530. The molecule has 2 heteroatoms. The lowest BCUT2D eigenvalue weighted by Gasteiger charge is -2.29. The second kappa shape index (κ2) is 12.7. The maximum absolute atomic E-state index is 2.56. The number of aryl methyl sites for hydroxylation is 1. The first-order valence-corrected chi connectivity index (χ1v) is 19.3. The molecule has 1 unspecified atom stereocenters. The molecule has 1 atom stereocenters. The summed E-state index contributed by atoms with van der Waals surface area (Å²) in [5.41, 5.74) is 18.5. The van der Waals surface area contributed by atoms with Gasteiger partial charge in [-0.05, 0) is 137 Å². The molecule has 0 saturated heterocycles. The number of aromatic nitrogens is 1. The zero-order valence-electron chi connectivity index (χ0n) is 30.6. The molecule has 10 rings (SSSR count). The molecule has 1 heterocycles. The molecule has 4 aliphatic carbocycles. The third kappa shape index (κ3) is 5.31. The summed E-state index contributed by atoms with van der Waals surface area (Å²) >= 11 is 0. The van der Waals surface area contributed by atoms with Gasteiger partial charge in [0.2, 0.25) is 0 Å². The fourth-order valence-electron chi connectivity index (χ4n) is 9.37. The first-order chi connectivity index (χ1) is 26.0. The average molecular weight is 685 g/mol. The number of rotatable bonds is 6. The standard InChI is InChI=1S/C51H44N2/c1-51(2)47-19-11-9-17-43(47)44-31-30-42(34-48(44)51)52(40-26-21-36(22-27-40)35-13-5-3-6-14-35)41-28-23-37(24-29-41)38-25-32-50-46(33-38)45-18-10-12-20-49(45)53(50)39-15-7-4-8-16-39/h3-8,11-15,19-34,39H,9-10,16-18H2,1-2H3. The Morgan fingerprint density at radius 2 is 1.30 bits per heavy atom. The van der Waals surface area contributed by atoms with Gasteiger partial charge in [-0.25, -0.2) is 0 Å². The van der Waals surface area contributed by atoms with Crippen molar-refractivity contribution in [2.75, 3.05) is 4.90 Å². The molecule has 0 aliphatic heterocycles. The number of fused-ring (bicyclic) bond motifs is 5. The van der Waals surface area contributed by atoms with E-state index in [1.165, 1.54) is 72.4 Å². The van der Waals surface area contributed by atoms with Gasteiger partial charge in [-0.1, -0.05) is 123 Å². The smallest absolute Gasteiger partial charge is 0.0560 e. The lowest BCUT2D eigenvalue weighted by Crippen LogP contribution is -2.18. The highest BCUT2D eigenvalue weighted by molar-refractivity contribution is 5.93. The number of benzene rings is 5. The molecule has 4 aliphatic rings. The highest BCUT2D eigenvalue weighted by atomic mass is 15.1. The number of anilines is 3. The molecular weight excluding hydrogens is 641 g/mol. The first kappa shape index (κ1) is 31.8. The lowest BCUT2D eigenvalue weighted by atomic mass is 9.80. The van der Waals surface area contributed by atoms with Crippen LogP contribution >= 0.6 is 0 Å². The molecule has 258 valence electrons. The summed E-state index contributed by atoms with van der Waals surface area (Å²) in [6.45, 7) is 4.78. The van der Waals surface area contributed by atoms with Gasteiger partial charge >= 0.3 is 0 Å². The molecule has 0 amide bonds. The van der Waals surface area contributed by atoms with Gasteiger partial charge < -0.3 is 9.47 Å². The predicted molar refractivity (Wildman–Crippen MR) is 225 cm³/mol. The summed E-state index contributed by atoms with van der Waals surface area (Å²) in [6.07, 6.45) is 23.9. The van der Waals surface area contributed by atoms with Crippen LogP contribution in [0.15, 0.2) is 163 Å². The van der Waals surface area contributed by atoms with E-state index >= 15 is 0 Å². The van der Waals surface area contributed by atoms with Crippen molar-refractivity contribution >= 4 is 39.6 Å². The van der Waals surface area contributed by atoms with Crippen molar-refractivity contribution in [3.05, 3.63) is 186 Å². The van der Waals surface area contributed by atoms with E-state index in [1.54, 1.807) is 0 Å². The maximum Gasteiger partial charge on any atom is 0.0560 e. The largest absolute Gasteiger partial charge is 0.333 e. The van der Waals surface area contributed by atoms with Crippen molar-refractivity contribution in [1.82, 2.24) is 4.57 Å². The zero-order chi connectivity index (χ0) is 35.5. The van der Waals surface area contributed by atoms with E-state index in [2.05, 4.69) is 187 Å². The van der Waals surface area contributed by atoms with Crippen molar-refractivity contribution in [2.45, 2.75) is 57.4 Å². The molecule has 5 aromatic carbocycles. The van der Waals surface area contributed by atoms with Gasteiger partial charge in [0.25, 0.3) is 0 Å². The molecular formula is C51H44N2. The molecule has 0 saturated carbocycles. The molecule has 0 N–H and O–H groups in total. The van der Waals surface area contributed by atoms with Gasteiger partial charge in [0.05, 0.1) is 6.04 Å². The molecule has 53 heavy (non-hydrogen) atoms. The Balaban J connectivity index is 1.05. The summed E-state index contributed by atoms with van der Waals surface area (Å²) < 4.78 is 2.56. The topological polar surface area (TPSA) is 8.17 Å². The van der Waals surface area contributed by atoms with E-state index in [1.807, 2.05) is 0 Å². The second-order valence-electron chi connectivity index (χ2n) is 15.5. The van der Waals surface area contributed by atoms with Crippen LogP contribution < -0.4 is 4.90 Å². The van der Waals surface area contributed by atoms with Crippen LogP contribution in [-0.2, 0) is 11.8 Å². The third-order valence-corrected chi connectivity index (χ3v) is 12.1. The zero-order valence-corrected chi connectivity index (χ0v) is 30.6. The van der Waals surface area contributed by atoms with Gasteiger partial charge in [0.15, 0.2) is 0 Å². The Morgan fingerprint density at radius 1 is 0.623 bits per heavy atom. The van der Waals surface area contributed by atoms with Gasteiger partial charge in [0, 0.05) is 39.1 Å². The van der Waals surface area contributed by atoms with Crippen LogP contribution in [0.5, 0.6) is 0 Å². The van der Waals surface area contributed by atoms with E-state index < -0.39 is 0 Å². The minimum atomic E-state index is -0.0269. The van der Waals surface area contributed by atoms with Gasteiger partial charge in [-0.3, -0.25) is 0 Å². The molecule has 0 fully saturated rings. The monoisotopic (exact) mass is 684 g/mol. The Labute approximate surface area is 313 Å². The normalized spacial score (nSPS) is 18.0. The van der Waals surface area contributed by atoms with Gasteiger partial charge in [-0.15, -0.1) is 0 Å². The van der Waals surface area contributed by atoms with E-state index in [0.717, 1.165) is 43.5 Å². The Hall–Kier alpha value is -5.86. The van der Waals surface area contributed by atoms with Crippen LogP contribution in [0, 0.1) is 0 Å². The highest BCUT2D eigenvalue weighted by Gasteiger charge is 2.37. The van der Waals surface area contributed by atoms with Crippen molar-refractivity contribution in [3.8, 4) is 22.3 Å². The number of hydrogen-bond donors (Lipinski definition) is 0. The van der Waals surface area contributed by atoms with Crippen LogP contribution in [0.3, 0.4) is 0 Å². The van der Waals surface area contributed by atoms with E-state index in [4.69, 9.17) is 0 Å². The van der Waals surface area contributed by atoms with E-state index in [0.29, 0.717) is 6.04 Å². The van der Waals surface area contributed by atoms with Crippen LogP contribution in [0.1, 0.15) is 68.0 Å². The molecule has 0 spiro atoms. The summed E-state index contributed by atoms with van der Waals surface area (Å²) in [6, 6.07) is 43.6. The Morgan fingerprint density at radius 3 is 2.06 bits per heavy atom. The van der Waals surface area contributed by atoms with Crippen LogP contribution in [0.25, 0.3) is 44.8 Å². The molecule has 0 bridgehead atoms. The molecule has 2 nitrogen and oxygen atoms in total. The van der Waals surface area contributed by atoms with Crippen LogP contribution in [-0.4, -0.2) is 4.57 Å². The maximum atomic E-state index is 2.56. The number of hydrogen-bond acceptors (Lipinski definition) is 1. The van der Waals surface area contributed by atoms with Gasteiger partial charge in [0.1, 0.15) is 0 Å². The third-order valence-electron chi connectivity index (χ3n) is 12.1. The predicted octanol–water partition coefficient (Wildman–Crippen LogP) is 13.9. The quantitative estimate of drug-likeness (QED) is 0.170. The fraction of sp³-hybridized carbons (Fsp3) is 0.176. The summed E-state index contributed by atoms with van der Waals surface area (Å²) in [4.78, 5) is 2.43. The highest BCUT2D eigenvalue weighted by Crippen LogP contribution is 2.52. The van der Waals surface area contributed by atoms with Crippen LogP contribution in [0.2, 0.25) is 0 Å². The van der Waals surface area contributed by atoms with Gasteiger partial charge in [-0.2, -0.15) is 0 Å². The first-order valence-electron chi connectivity index (χ1n) is 19.3. The summed E-state index contributed by atoms with van der Waals surface area (Å²) in [5, 5.41) is 1.39. The van der Waals surface area contributed by atoms with E-state index in [9.17, 15) is 0 Å². The number of nitrogens with zero attached hydrogens (tertiary/aromatic N) is 2. The second-order valence-corrected chi connectivity index (χ2v) is 15.5. The van der Waals surface area contributed by atoms with Crippen molar-refractivity contribution < 1.29 is 0 Å². The van der Waals surface area contributed by atoms with E-state index in [-0.39, 0.29) is 5.41 Å². The molecule has 6 aromatic rings. The summed E-state index contributed by atoms with van der Waals surface area (Å²) in [7, 11) is 0. The Kier molecular flexibility index (Phi) is 7.61. The lowest BCUT2D eigenvalue weighted by molar-refractivity contribution is 0.621. The SMILES string of the molecule is CC1(C)C2=C(CCC=C2)c2ccc(N(c3ccc(-c4ccccc4)cc3)c3ccc(-c4ccc5c(c4)c4c(n5C5C=CC=CC5)C=CCC4)cc3)cc21. The van der Waals surface area contributed by atoms with Crippen LogP contribution in [0.4, 0.5) is 17.1 Å². The minimum absolute atomic E-state index is 0.0269. The van der Waals surface area contributed by atoms with Crippen molar-refractivity contribution in [3.63, 3.8) is 0 Å². The average Bonchev–Trinajstić information content (AvgIpc) is 3.67. The van der Waals surface area contributed by atoms with Crippen molar-refractivity contribution in [1.29, 1.82) is 0 Å². The minimum Gasteiger partial charge on any atom is -0.333 e.